The van der Waals surface area contributed by atoms with E-state index in [1.54, 1.807) is 12.1 Å². The van der Waals surface area contributed by atoms with Crippen LogP contribution in [0.15, 0.2) is 54.6 Å². The molecule has 0 saturated carbocycles. The van der Waals surface area contributed by atoms with Crippen molar-refractivity contribution in [2.24, 2.45) is 0 Å². The Morgan fingerprint density at radius 1 is 1.07 bits per heavy atom. The minimum absolute atomic E-state index is 0.0434. The molecule has 0 N–H and O–H groups in total. The van der Waals surface area contributed by atoms with Gasteiger partial charge in [-0.15, -0.1) is 0 Å². The van der Waals surface area contributed by atoms with Gasteiger partial charge in [0.2, 0.25) is 0 Å². The van der Waals surface area contributed by atoms with Crippen molar-refractivity contribution in [2.75, 3.05) is 0 Å². The minimum atomic E-state index is -0.642. The molecule has 6 heteroatoms. The molecular formula is C22H23NO5. The number of nitro benzene ring substituents is 1. The Bertz CT molecular complexity index is 892. The topological polar surface area (TPSA) is 86.5 Å². The second-order valence-electron chi connectivity index (χ2n) is 7.40. The van der Waals surface area contributed by atoms with E-state index in [-0.39, 0.29) is 17.7 Å². The molecule has 0 aliphatic carbocycles. The number of benzene rings is 2. The molecule has 0 atom stereocenters. The molecule has 146 valence electrons. The number of esters is 1. The molecular weight excluding hydrogens is 358 g/mol. The van der Waals surface area contributed by atoms with Gasteiger partial charge in [-0.25, -0.2) is 0 Å². The lowest BCUT2D eigenvalue weighted by Gasteiger charge is -2.19. The number of para-hydroxylation sites is 1. The van der Waals surface area contributed by atoms with Crippen LogP contribution in [0.1, 0.15) is 43.9 Å². The Hall–Kier alpha value is -3.28. The summed E-state index contributed by atoms with van der Waals surface area (Å²) in [5, 5.41) is 11.0. The summed E-state index contributed by atoms with van der Waals surface area (Å²) in [5.41, 5.74) is 2.25. The fraction of sp³-hybridized carbons (Fsp3) is 0.273. The van der Waals surface area contributed by atoms with Gasteiger partial charge in [0.25, 0.3) is 5.69 Å². The normalized spacial score (nSPS) is 11.4. The Labute approximate surface area is 164 Å². The first-order valence-corrected chi connectivity index (χ1v) is 8.86. The van der Waals surface area contributed by atoms with Gasteiger partial charge in [-0.2, -0.15) is 0 Å². The highest BCUT2D eigenvalue weighted by Gasteiger charge is 2.14. The first-order chi connectivity index (χ1) is 13.2. The zero-order valence-electron chi connectivity index (χ0n) is 16.2. The Morgan fingerprint density at radius 3 is 2.32 bits per heavy atom. The predicted molar refractivity (Wildman–Crippen MR) is 107 cm³/mol. The number of ether oxygens (including phenoxy) is 1. The molecule has 0 radical (unpaired) electrons. The lowest BCUT2D eigenvalue weighted by Crippen LogP contribution is -2.11. The fourth-order valence-corrected chi connectivity index (χ4v) is 2.49. The van der Waals surface area contributed by atoms with Gasteiger partial charge in [-0.3, -0.25) is 19.7 Å². The first-order valence-electron chi connectivity index (χ1n) is 8.86. The third-order valence-corrected chi connectivity index (χ3v) is 4.12. The number of carbonyl (C=O) groups is 2. The second-order valence-corrected chi connectivity index (χ2v) is 7.40. The van der Waals surface area contributed by atoms with Gasteiger partial charge >= 0.3 is 5.97 Å². The molecule has 0 bridgehead atoms. The SMILES string of the molecule is CC(C)(C)c1ccc(COC(=O)CC(=O)C=Cc2ccccc2[N+](=O)[O-])cc1. The number of rotatable bonds is 7. The van der Waals surface area contributed by atoms with Crippen molar-refractivity contribution in [3.8, 4) is 0 Å². The average molecular weight is 381 g/mol. The highest BCUT2D eigenvalue weighted by atomic mass is 16.6. The van der Waals surface area contributed by atoms with Crippen molar-refractivity contribution in [3.05, 3.63) is 81.4 Å². The van der Waals surface area contributed by atoms with Gasteiger partial charge in [-0.1, -0.05) is 57.2 Å². The highest BCUT2D eigenvalue weighted by Crippen LogP contribution is 2.22. The van der Waals surface area contributed by atoms with Crippen molar-refractivity contribution in [1.82, 2.24) is 0 Å². The number of hydrogen-bond donors (Lipinski definition) is 0. The van der Waals surface area contributed by atoms with E-state index < -0.39 is 23.1 Å². The molecule has 0 aliphatic heterocycles. The molecule has 0 aromatic heterocycles. The van der Waals surface area contributed by atoms with Crippen molar-refractivity contribution >= 4 is 23.5 Å². The van der Waals surface area contributed by atoms with Crippen LogP contribution in [-0.2, 0) is 26.3 Å². The van der Waals surface area contributed by atoms with Crippen LogP contribution in [-0.4, -0.2) is 16.7 Å². The summed E-state index contributed by atoms with van der Waals surface area (Å²) < 4.78 is 5.14. The monoisotopic (exact) mass is 381 g/mol. The molecule has 0 amide bonds. The number of allylic oxidation sites excluding steroid dienone is 1. The zero-order valence-corrected chi connectivity index (χ0v) is 16.2. The third-order valence-electron chi connectivity index (χ3n) is 4.12. The van der Waals surface area contributed by atoms with E-state index in [0.29, 0.717) is 5.56 Å². The summed E-state index contributed by atoms with van der Waals surface area (Å²) in [4.78, 5) is 34.2. The van der Waals surface area contributed by atoms with Crippen molar-refractivity contribution < 1.29 is 19.2 Å². The number of carbonyl (C=O) groups excluding carboxylic acids is 2. The van der Waals surface area contributed by atoms with Gasteiger partial charge in [0.15, 0.2) is 5.78 Å². The van der Waals surface area contributed by atoms with Gasteiger partial charge in [0.05, 0.1) is 10.5 Å². The molecule has 28 heavy (non-hydrogen) atoms. The van der Waals surface area contributed by atoms with Gasteiger partial charge < -0.3 is 4.74 Å². The van der Waals surface area contributed by atoms with E-state index in [9.17, 15) is 19.7 Å². The van der Waals surface area contributed by atoms with E-state index in [0.717, 1.165) is 11.6 Å². The number of nitrogens with zero attached hydrogens (tertiary/aromatic N) is 1. The summed E-state index contributed by atoms with van der Waals surface area (Å²) >= 11 is 0. The van der Waals surface area contributed by atoms with Crippen LogP contribution in [0.3, 0.4) is 0 Å². The van der Waals surface area contributed by atoms with Crippen molar-refractivity contribution in [2.45, 2.75) is 39.2 Å². The van der Waals surface area contributed by atoms with Crippen LogP contribution in [0.25, 0.3) is 6.08 Å². The number of hydrogen-bond acceptors (Lipinski definition) is 5. The predicted octanol–water partition coefficient (Wildman–Crippen LogP) is 4.61. The summed E-state index contributed by atoms with van der Waals surface area (Å²) in [6.45, 7) is 6.44. The van der Waals surface area contributed by atoms with E-state index in [1.165, 1.54) is 23.8 Å². The van der Waals surface area contributed by atoms with Crippen molar-refractivity contribution in [3.63, 3.8) is 0 Å². The summed E-state index contributed by atoms with van der Waals surface area (Å²) in [5.74, 6) is -1.12. The largest absolute Gasteiger partial charge is 0.460 e. The average Bonchev–Trinajstić information content (AvgIpc) is 2.64. The number of ketones is 1. The molecule has 2 rings (SSSR count). The molecule has 0 heterocycles. The van der Waals surface area contributed by atoms with Crippen LogP contribution in [0, 0.1) is 10.1 Å². The zero-order chi connectivity index (χ0) is 20.7. The summed E-state index contributed by atoms with van der Waals surface area (Å²) in [6, 6.07) is 13.8. The van der Waals surface area contributed by atoms with E-state index >= 15 is 0 Å². The van der Waals surface area contributed by atoms with Crippen LogP contribution in [0.5, 0.6) is 0 Å². The quantitative estimate of drug-likeness (QED) is 0.230. The Balaban J connectivity index is 1.88. The van der Waals surface area contributed by atoms with Crippen LogP contribution in [0.2, 0.25) is 0 Å². The number of nitro groups is 1. The van der Waals surface area contributed by atoms with E-state index in [1.807, 2.05) is 24.3 Å². The lowest BCUT2D eigenvalue weighted by atomic mass is 9.87. The Kier molecular flexibility index (Phi) is 6.82. The minimum Gasteiger partial charge on any atom is -0.460 e. The Morgan fingerprint density at radius 2 is 1.71 bits per heavy atom. The maximum atomic E-state index is 11.9. The van der Waals surface area contributed by atoms with Crippen molar-refractivity contribution in [1.29, 1.82) is 0 Å². The summed E-state index contributed by atoms with van der Waals surface area (Å²) in [6.07, 6.45) is 2.07. The van der Waals surface area contributed by atoms with Crippen LogP contribution in [0.4, 0.5) is 5.69 Å². The summed E-state index contributed by atoms with van der Waals surface area (Å²) in [7, 11) is 0. The molecule has 0 spiro atoms. The van der Waals surface area contributed by atoms with Crippen LogP contribution < -0.4 is 0 Å². The molecule has 0 unspecified atom stereocenters. The molecule has 2 aromatic rings. The molecule has 6 nitrogen and oxygen atoms in total. The van der Waals surface area contributed by atoms with E-state index in [4.69, 9.17) is 4.74 Å². The van der Waals surface area contributed by atoms with Gasteiger partial charge in [0.1, 0.15) is 13.0 Å². The van der Waals surface area contributed by atoms with Gasteiger partial charge in [0, 0.05) is 6.07 Å². The first kappa shape index (κ1) is 21.0. The van der Waals surface area contributed by atoms with Crippen LogP contribution >= 0.6 is 0 Å². The fourth-order valence-electron chi connectivity index (χ4n) is 2.49. The maximum Gasteiger partial charge on any atom is 0.314 e. The maximum absolute atomic E-state index is 11.9. The molecule has 0 aliphatic rings. The second kappa shape index (κ2) is 9.08. The smallest absolute Gasteiger partial charge is 0.314 e. The highest BCUT2D eigenvalue weighted by molar-refractivity contribution is 6.04. The standard InChI is InChI=1S/C22H23NO5/c1-22(2,3)18-11-8-16(9-12-18)15-28-21(25)14-19(24)13-10-17-6-4-5-7-20(17)23(26)27/h4-13H,14-15H2,1-3H3. The lowest BCUT2D eigenvalue weighted by molar-refractivity contribution is -0.385. The molecule has 0 fully saturated rings. The van der Waals surface area contributed by atoms with E-state index in [2.05, 4.69) is 20.8 Å². The van der Waals surface area contributed by atoms with Gasteiger partial charge in [-0.05, 0) is 34.8 Å². The molecule has 0 saturated heterocycles. The molecule has 2 aromatic carbocycles. The third kappa shape index (κ3) is 6.16.